The molecule has 1 atom stereocenters. The number of hydrogen-bond acceptors (Lipinski definition) is 5. The summed E-state index contributed by atoms with van der Waals surface area (Å²) in [5, 5.41) is 4.63. The maximum atomic E-state index is 12.4. The fraction of sp³-hybridized carbons (Fsp3) is 0.529. The SMILES string of the molecule is CCCCS(=O)(=O)N1CCCC(c2nc(-c3cccc(Cl)c3)no2)C1. The zero-order valence-corrected chi connectivity index (χ0v) is 15.8. The first-order valence-electron chi connectivity index (χ1n) is 8.57. The molecule has 1 aliphatic rings. The lowest BCUT2D eigenvalue weighted by molar-refractivity contribution is 0.265. The molecule has 1 unspecified atom stereocenters. The van der Waals surface area contributed by atoms with Gasteiger partial charge in [-0.05, 0) is 31.4 Å². The monoisotopic (exact) mass is 383 g/mol. The van der Waals surface area contributed by atoms with Crippen LogP contribution in [-0.4, -0.2) is 41.7 Å². The van der Waals surface area contributed by atoms with Crippen LogP contribution in [0.3, 0.4) is 0 Å². The predicted molar refractivity (Wildman–Crippen MR) is 97.0 cm³/mol. The second-order valence-corrected chi connectivity index (χ2v) is 8.86. The molecule has 0 radical (unpaired) electrons. The Labute approximate surface area is 153 Å². The van der Waals surface area contributed by atoms with Crippen LogP contribution < -0.4 is 0 Å². The van der Waals surface area contributed by atoms with E-state index >= 15 is 0 Å². The van der Waals surface area contributed by atoms with E-state index in [2.05, 4.69) is 10.1 Å². The van der Waals surface area contributed by atoms with E-state index in [0.717, 1.165) is 24.8 Å². The van der Waals surface area contributed by atoms with Crippen LogP contribution in [0, 0.1) is 0 Å². The Morgan fingerprint density at radius 2 is 2.24 bits per heavy atom. The quantitative estimate of drug-likeness (QED) is 0.760. The smallest absolute Gasteiger partial charge is 0.231 e. The van der Waals surface area contributed by atoms with Crippen molar-refractivity contribution in [3.63, 3.8) is 0 Å². The minimum atomic E-state index is -3.21. The van der Waals surface area contributed by atoms with Crippen molar-refractivity contribution in [1.82, 2.24) is 14.4 Å². The van der Waals surface area contributed by atoms with Crippen molar-refractivity contribution in [2.24, 2.45) is 0 Å². The number of benzene rings is 1. The summed E-state index contributed by atoms with van der Waals surface area (Å²) in [7, 11) is -3.21. The van der Waals surface area contributed by atoms with Gasteiger partial charge >= 0.3 is 0 Å². The van der Waals surface area contributed by atoms with Gasteiger partial charge in [0.2, 0.25) is 21.7 Å². The van der Waals surface area contributed by atoms with Crippen LogP contribution in [-0.2, 0) is 10.0 Å². The molecule has 3 rings (SSSR count). The molecular formula is C17H22ClN3O3S. The standard InChI is InChI=1S/C17H22ClN3O3S/c1-2-3-10-25(22,23)21-9-5-7-14(12-21)17-19-16(20-24-17)13-6-4-8-15(18)11-13/h4,6,8,11,14H,2-3,5,7,9-10,12H2,1H3. The van der Waals surface area contributed by atoms with Gasteiger partial charge in [0.15, 0.2) is 0 Å². The molecule has 136 valence electrons. The predicted octanol–water partition coefficient (Wildman–Crippen LogP) is 3.70. The number of rotatable bonds is 6. The minimum Gasteiger partial charge on any atom is -0.339 e. The molecule has 2 heterocycles. The molecule has 0 saturated carbocycles. The molecule has 1 aliphatic heterocycles. The maximum absolute atomic E-state index is 12.4. The lowest BCUT2D eigenvalue weighted by Gasteiger charge is -2.30. The minimum absolute atomic E-state index is 0.0643. The first-order chi connectivity index (χ1) is 12.0. The highest BCUT2D eigenvalue weighted by molar-refractivity contribution is 7.89. The molecule has 0 bridgehead atoms. The summed E-state index contributed by atoms with van der Waals surface area (Å²) in [4.78, 5) is 4.47. The van der Waals surface area contributed by atoms with Crippen molar-refractivity contribution in [3.05, 3.63) is 35.2 Å². The Bertz CT molecular complexity index is 822. The molecule has 0 amide bonds. The number of unbranched alkanes of at least 4 members (excludes halogenated alkanes) is 1. The highest BCUT2D eigenvalue weighted by atomic mass is 35.5. The largest absolute Gasteiger partial charge is 0.339 e. The van der Waals surface area contributed by atoms with Gasteiger partial charge in [-0.1, -0.05) is 42.2 Å². The van der Waals surface area contributed by atoms with E-state index in [1.54, 1.807) is 16.4 Å². The molecule has 0 N–H and O–H groups in total. The zero-order valence-electron chi connectivity index (χ0n) is 14.2. The molecule has 25 heavy (non-hydrogen) atoms. The lowest BCUT2D eigenvalue weighted by atomic mass is 10.00. The summed E-state index contributed by atoms with van der Waals surface area (Å²) >= 11 is 6.00. The van der Waals surface area contributed by atoms with Gasteiger partial charge in [-0.3, -0.25) is 0 Å². The molecular weight excluding hydrogens is 362 g/mol. The summed E-state index contributed by atoms with van der Waals surface area (Å²) in [5.41, 5.74) is 0.783. The van der Waals surface area contributed by atoms with Gasteiger partial charge in [0, 0.05) is 23.7 Å². The molecule has 0 spiro atoms. The number of piperidine rings is 1. The number of nitrogens with zero attached hydrogens (tertiary/aromatic N) is 3. The summed E-state index contributed by atoms with van der Waals surface area (Å²) in [5.74, 6) is 1.10. The van der Waals surface area contributed by atoms with Crippen LogP contribution in [0.15, 0.2) is 28.8 Å². The van der Waals surface area contributed by atoms with Crippen LogP contribution in [0.1, 0.15) is 44.4 Å². The third-order valence-electron chi connectivity index (χ3n) is 4.41. The molecule has 2 aromatic rings. The van der Waals surface area contributed by atoms with Gasteiger partial charge in [-0.15, -0.1) is 0 Å². The van der Waals surface area contributed by atoms with Crippen molar-refractivity contribution < 1.29 is 12.9 Å². The maximum Gasteiger partial charge on any atom is 0.231 e. The van der Waals surface area contributed by atoms with E-state index in [1.807, 2.05) is 19.1 Å². The fourth-order valence-corrected chi connectivity index (χ4v) is 4.91. The van der Waals surface area contributed by atoms with E-state index in [9.17, 15) is 8.42 Å². The van der Waals surface area contributed by atoms with Crippen molar-refractivity contribution in [1.29, 1.82) is 0 Å². The molecule has 1 aromatic heterocycles. The topological polar surface area (TPSA) is 76.3 Å². The van der Waals surface area contributed by atoms with Crippen molar-refractivity contribution in [2.45, 2.75) is 38.5 Å². The fourth-order valence-electron chi connectivity index (χ4n) is 3.00. The number of sulfonamides is 1. The third kappa shape index (κ3) is 4.40. The summed E-state index contributed by atoms with van der Waals surface area (Å²) < 4.78 is 31.8. The van der Waals surface area contributed by atoms with E-state index in [4.69, 9.17) is 16.1 Å². The second-order valence-electron chi connectivity index (χ2n) is 6.33. The summed E-state index contributed by atoms with van der Waals surface area (Å²) in [6.07, 6.45) is 3.19. The van der Waals surface area contributed by atoms with Crippen LogP contribution >= 0.6 is 11.6 Å². The summed E-state index contributed by atoms with van der Waals surface area (Å²) in [6, 6.07) is 7.25. The highest BCUT2D eigenvalue weighted by Gasteiger charge is 2.32. The van der Waals surface area contributed by atoms with Gasteiger partial charge in [0.05, 0.1) is 11.7 Å². The Morgan fingerprint density at radius 1 is 1.40 bits per heavy atom. The number of hydrogen-bond donors (Lipinski definition) is 0. The van der Waals surface area contributed by atoms with Crippen molar-refractivity contribution in [2.75, 3.05) is 18.8 Å². The van der Waals surface area contributed by atoms with E-state index in [0.29, 0.717) is 36.2 Å². The van der Waals surface area contributed by atoms with Gasteiger partial charge in [0.25, 0.3) is 0 Å². The first-order valence-corrected chi connectivity index (χ1v) is 10.6. The molecule has 1 saturated heterocycles. The van der Waals surface area contributed by atoms with E-state index in [-0.39, 0.29) is 11.7 Å². The Hall–Kier alpha value is -1.44. The van der Waals surface area contributed by atoms with Gasteiger partial charge in [-0.25, -0.2) is 12.7 Å². The first kappa shape index (κ1) is 18.4. The normalized spacial score (nSPS) is 19.2. The molecule has 8 heteroatoms. The van der Waals surface area contributed by atoms with Crippen molar-refractivity contribution >= 4 is 21.6 Å². The summed E-state index contributed by atoms with van der Waals surface area (Å²) in [6.45, 7) is 2.96. The van der Waals surface area contributed by atoms with Gasteiger partial charge in [0.1, 0.15) is 0 Å². The van der Waals surface area contributed by atoms with Gasteiger partial charge < -0.3 is 4.52 Å². The average Bonchev–Trinajstić information content (AvgIpc) is 3.10. The molecule has 6 nitrogen and oxygen atoms in total. The van der Waals surface area contributed by atoms with E-state index in [1.165, 1.54) is 0 Å². The van der Waals surface area contributed by atoms with Crippen molar-refractivity contribution in [3.8, 4) is 11.4 Å². The molecule has 1 fully saturated rings. The van der Waals surface area contributed by atoms with Crippen LogP contribution in [0.25, 0.3) is 11.4 Å². The van der Waals surface area contributed by atoms with Crippen LogP contribution in [0.4, 0.5) is 0 Å². The second kappa shape index (κ2) is 7.85. The highest BCUT2D eigenvalue weighted by Crippen LogP contribution is 2.29. The van der Waals surface area contributed by atoms with Gasteiger partial charge in [-0.2, -0.15) is 4.98 Å². The van der Waals surface area contributed by atoms with E-state index < -0.39 is 10.0 Å². The van der Waals surface area contributed by atoms with Crippen LogP contribution in [0.5, 0.6) is 0 Å². The Balaban J connectivity index is 1.74. The molecule has 1 aromatic carbocycles. The lowest BCUT2D eigenvalue weighted by Crippen LogP contribution is -2.40. The molecule has 0 aliphatic carbocycles. The van der Waals surface area contributed by atoms with Crippen LogP contribution in [0.2, 0.25) is 5.02 Å². The Morgan fingerprint density at radius 3 is 3.00 bits per heavy atom. The third-order valence-corrected chi connectivity index (χ3v) is 6.57. The zero-order chi connectivity index (χ0) is 17.9. The number of aromatic nitrogens is 2. The average molecular weight is 384 g/mol. The Kier molecular flexibility index (Phi) is 5.76. The number of halogens is 1.